The van der Waals surface area contributed by atoms with E-state index in [0.29, 0.717) is 12.1 Å². The molecule has 0 spiro atoms. The summed E-state index contributed by atoms with van der Waals surface area (Å²) in [6.07, 6.45) is 0. The minimum Gasteiger partial charge on any atom is -0.346 e. The van der Waals surface area contributed by atoms with Crippen molar-refractivity contribution >= 4 is 16.8 Å². The predicted octanol–water partition coefficient (Wildman–Crippen LogP) is 3.12. The Hall–Kier alpha value is -2.62. The highest BCUT2D eigenvalue weighted by Crippen LogP contribution is 2.17. The van der Waals surface area contributed by atoms with E-state index < -0.39 is 0 Å². The standard InChI is InChI=1S/C18H19N3O/c1-12-8-9-14(13(2)10-12)18(22)19-11-16-15-6-4-5-7-17(15)21(3)20-16/h4-10H,11H2,1-3H3,(H,19,22). The van der Waals surface area contributed by atoms with Crippen molar-refractivity contribution in [3.05, 3.63) is 64.8 Å². The van der Waals surface area contributed by atoms with E-state index in [9.17, 15) is 4.79 Å². The number of aryl methyl sites for hydroxylation is 3. The SMILES string of the molecule is Cc1ccc(C(=O)NCc2nn(C)c3ccccc23)c(C)c1. The Morgan fingerprint density at radius 3 is 2.73 bits per heavy atom. The number of hydrogen-bond donors (Lipinski definition) is 1. The molecule has 4 heteroatoms. The van der Waals surface area contributed by atoms with Gasteiger partial charge in [0.25, 0.3) is 5.91 Å². The van der Waals surface area contributed by atoms with Gasteiger partial charge in [0.15, 0.2) is 0 Å². The van der Waals surface area contributed by atoms with Gasteiger partial charge in [-0.05, 0) is 31.5 Å². The van der Waals surface area contributed by atoms with E-state index in [-0.39, 0.29) is 5.91 Å². The lowest BCUT2D eigenvalue weighted by Crippen LogP contribution is -2.24. The maximum atomic E-state index is 12.3. The van der Waals surface area contributed by atoms with Crippen LogP contribution in [0, 0.1) is 13.8 Å². The molecule has 0 unspecified atom stereocenters. The van der Waals surface area contributed by atoms with Crippen molar-refractivity contribution in [3.8, 4) is 0 Å². The molecule has 0 saturated heterocycles. The first-order chi connectivity index (χ1) is 10.6. The number of amides is 1. The lowest BCUT2D eigenvalue weighted by atomic mass is 10.1. The number of aromatic nitrogens is 2. The van der Waals surface area contributed by atoms with Crippen LogP contribution < -0.4 is 5.32 Å². The molecule has 3 aromatic rings. The zero-order valence-corrected chi connectivity index (χ0v) is 13.1. The molecule has 22 heavy (non-hydrogen) atoms. The number of fused-ring (bicyclic) bond motifs is 1. The molecule has 2 aromatic carbocycles. The largest absolute Gasteiger partial charge is 0.346 e. The van der Waals surface area contributed by atoms with Gasteiger partial charge in [-0.25, -0.2) is 0 Å². The number of nitrogens with one attached hydrogen (secondary N) is 1. The Kier molecular flexibility index (Phi) is 3.67. The second kappa shape index (κ2) is 5.64. The molecular weight excluding hydrogens is 274 g/mol. The number of benzene rings is 2. The van der Waals surface area contributed by atoms with E-state index in [2.05, 4.69) is 10.4 Å². The van der Waals surface area contributed by atoms with E-state index >= 15 is 0 Å². The van der Waals surface area contributed by atoms with Gasteiger partial charge in [0.2, 0.25) is 0 Å². The van der Waals surface area contributed by atoms with Gasteiger partial charge < -0.3 is 5.32 Å². The molecule has 1 amide bonds. The number of rotatable bonds is 3. The first-order valence-corrected chi connectivity index (χ1v) is 7.32. The molecular formula is C18H19N3O. The second-order valence-electron chi connectivity index (χ2n) is 5.59. The summed E-state index contributed by atoms with van der Waals surface area (Å²) in [5.74, 6) is -0.0627. The van der Waals surface area contributed by atoms with Gasteiger partial charge in [-0.1, -0.05) is 35.9 Å². The van der Waals surface area contributed by atoms with Crippen LogP contribution in [0.15, 0.2) is 42.5 Å². The third-order valence-corrected chi connectivity index (χ3v) is 3.88. The van der Waals surface area contributed by atoms with Gasteiger partial charge in [-0.15, -0.1) is 0 Å². The van der Waals surface area contributed by atoms with Crippen molar-refractivity contribution in [2.45, 2.75) is 20.4 Å². The number of carbonyl (C=O) groups excluding carboxylic acids is 1. The average Bonchev–Trinajstić information content (AvgIpc) is 2.82. The van der Waals surface area contributed by atoms with Crippen LogP contribution >= 0.6 is 0 Å². The van der Waals surface area contributed by atoms with Crippen molar-refractivity contribution in [1.82, 2.24) is 15.1 Å². The number of carbonyl (C=O) groups is 1. The smallest absolute Gasteiger partial charge is 0.251 e. The molecule has 112 valence electrons. The number of para-hydroxylation sites is 1. The molecule has 0 atom stereocenters. The molecule has 3 rings (SSSR count). The van der Waals surface area contributed by atoms with Crippen LogP contribution in [-0.2, 0) is 13.6 Å². The summed E-state index contributed by atoms with van der Waals surface area (Å²) < 4.78 is 1.84. The van der Waals surface area contributed by atoms with Crippen molar-refractivity contribution in [2.24, 2.45) is 7.05 Å². The maximum Gasteiger partial charge on any atom is 0.251 e. The summed E-state index contributed by atoms with van der Waals surface area (Å²) in [5, 5.41) is 8.54. The van der Waals surface area contributed by atoms with Gasteiger partial charge in [-0.2, -0.15) is 5.10 Å². The minimum atomic E-state index is -0.0627. The molecule has 0 aliphatic rings. The van der Waals surface area contributed by atoms with Crippen LogP contribution in [0.5, 0.6) is 0 Å². The second-order valence-corrected chi connectivity index (χ2v) is 5.59. The molecule has 1 heterocycles. The highest BCUT2D eigenvalue weighted by molar-refractivity contribution is 5.95. The molecule has 0 bridgehead atoms. The van der Waals surface area contributed by atoms with E-state index in [0.717, 1.165) is 27.7 Å². The van der Waals surface area contributed by atoms with Crippen LogP contribution in [0.1, 0.15) is 27.2 Å². The third-order valence-electron chi connectivity index (χ3n) is 3.88. The first-order valence-electron chi connectivity index (χ1n) is 7.32. The summed E-state index contributed by atoms with van der Waals surface area (Å²) in [6, 6.07) is 13.9. The van der Waals surface area contributed by atoms with Crippen molar-refractivity contribution in [3.63, 3.8) is 0 Å². The fourth-order valence-electron chi connectivity index (χ4n) is 2.75. The fourth-order valence-corrected chi connectivity index (χ4v) is 2.75. The van der Waals surface area contributed by atoms with E-state index in [1.54, 1.807) is 0 Å². The van der Waals surface area contributed by atoms with Gasteiger partial charge >= 0.3 is 0 Å². The molecule has 0 saturated carbocycles. The van der Waals surface area contributed by atoms with Gasteiger partial charge in [-0.3, -0.25) is 9.48 Å². The van der Waals surface area contributed by atoms with E-state index in [1.807, 2.05) is 68.0 Å². The quantitative estimate of drug-likeness (QED) is 0.806. The number of hydrogen-bond acceptors (Lipinski definition) is 2. The zero-order valence-electron chi connectivity index (χ0n) is 13.1. The van der Waals surface area contributed by atoms with Gasteiger partial charge in [0, 0.05) is 18.0 Å². The van der Waals surface area contributed by atoms with Crippen LogP contribution in [0.3, 0.4) is 0 Å². The molecule has 1 N–H and O–H groups in total. The average molecular weight is 293 g/mol. The Labute approximate surface area is 129 Å². The molecule has 0 radical (unpaired) electrons. The highest BCUT2D eigenvalue weighted by Gasteiger charge is 2.12. The molecule has 4 nitrogen and oxygen atoms in total. The summed E-state index contributed by atoms with van der Waals surface area (Å²) in [6.45, 7) is 4.40. The van der Waals surface area contributed by atoms with Gasteiger partial charge in [0.05, 0.1) is 17.8 Å². The molecule has 1 aromatic heterocycles. The van der Waals surface area contributed by atoms with Crippen LogP contribution in [0.25, 0.3) is 10.9 Å². The van der Waals surface area contributed by atoms with E-state index in [1.165, 1.54) is 0 Å². The van der Waals surface area contributed by atoms with E-state index in [4.69, 9.17) is 0 Å². The minimum absolute atomic E-state index is 0.0627. The lowest BCUT2D eigenvalue weighted by molar-refractivity contribution is 0.0950. The van der Waals surface area contributed by atoms with Crippen LogP contribution in [0.4, 0.5) is 0 Å². The fraction of sp³-hybridized carbons (Fsp3) is 0.222. The zero-order chi connectivity index (χ0) is 15.7. The summed E-state index contributed by atoms with van der Waals surface area (Å²) >= 11 is 0. The molecule has 0 aliphatic heterocycles. The topological polar surface area (TPSA) is 46.9 Å². The monoisotopic (exact) mass is 293 g/mol. The summed E-state index contributed by atoms with van der Waals surface area (Å²) in [4.78, 5) is 12.3. The molecule has 0 fully saturated rings. The Balaban J connectivity index is 1.80. The normalized spacial score (nSPS) is 10.9. The van der Waals surface area contributed by atoms with Gasteiger partial charge in [0.1, 0.15) is 0 Å². The molecule has 0 aliphatic carbocycles. The van der Waals surface area contributed by atoms with Crippen LogP contribution in [0.2, 0.25) is 0 Å². The number of nitrogens with zero attached hydrogens (tertiary/aromatic N) is 2. The first kappa shape index (κ1) is 14.3. The Bertz CT molecular complexity index is 849. The Morgan fingerprint density at radius 1 is 1.18 bits per heavy atom. The predicted molar refractivity (Wildman–Crippen MR) is 87.8 cm³/mol. The summed E-state index contributed by atoms with van der Waals surface area (Å²) in [5.41, 5.74) is 4.81. The highest BCUT2D eigenvalue weighted by atomic mass is 16.1. The van der Waals surface area contributed by atoms with Crippen molar-refractivity contribution < 1.29 is 4.79 Å². The lowest BCUT2D eigenvalue weighted by Gasteiger charge is -2.07. The maximum absolute atomic E-state index is 12.3. The summed E-state index contributed by atoms with van der Waals surface area (Å²) in [7, 11) is 1.91. The Morgan fingerprint density at radius 2 is 1.95 bits per heavy atom. The van der Waals surface area contributed by atoms with Crippen molar-refractivity contribution in [2.75, 3.05) is 0 Å². The third kappa shape index (κ3) is 2.60. The van der Waals surface area contributed by atoms with Crippen molar-refractivity contribution in [1.29, 1.82) is 0 Å². The van der Waals surface area contributed by atoms with Crippen LogP contribution in [-0.4, -0.2) is 15.7 Å².